The van der Waals surface area contributed by atoms with Crippen molar-refractivity contribution in [3.8, 4) is 0 Å². The summed E-state index contributed by atoms with van der Waals surface area (Å²) in [6.07, 6.45) is -3.39. The fourth-order valence-electron chi connectivity index (χ4n) is 1.12. The first-order valence-electron chi connectivity index (χ1n) is 3.53. The van der Waals surface area contributed by atoms with Crippen molar-refractivity contribution in [2.24, 2.45) is 0 Å². The van der Waals surface area contributed by atoms with Gasteiger partial charge in [0.15, 0.2) is 12.3 Å². The van der Waals surface area contributed by atoms with Crippen LogP contribution in [0, 0.1) is 5.21 Å². The van der Waals surface area contributed by atoms with Crippen molar-refractivity contribution in [2.75, 3.05) is 6.61 Å². The van der Waals surface area contributed by atoms with Gasteiger partial charge in [0, 0.05) is 0 Å². The maximum Gasteiger partial charge on any atom is 0.213 e. The Morgan fingerprint density at radius 3 is 2.33 bits per heavy atom. The molecule has 0 spiro atoms. The molecule has 0 saturated heterocycles. The van der Waals surface area contributed by atoms with Gasteiger partial charge in [-0.05, 0) is 0 Å². The average molecular weight is 177 g/mol. The van der Waals surface area contributed by atoms with Crippen LogP contribution in [0.1, 0.15) is 0 Å². The summed E-state index contributed by atoms with van der Waals surface area (Å²) in [4.78, 5) is 0. The second kappa shape index (κ2) is 3.36. The predicted octanol–water partition coefficient (Wildman–Crippen LogP) is -2.98. The molecule has 0 fully saturated rings. The van der Waals surface area contributed by atoms with Gasteiger partial charge in [-0.1, -0.05) is 0 Å². The molecule has 1 heterocycles. The topological polar surface area (TPSA) is 107 Å². The highest BCUT2D eigenvalue weighted by molar-refractivity contribution is 5.59. The molecule has 12 heavy (non-hydrogen) atoms. The highest BCUT2D eigenvalue weighted by Gasteiger charge is 2.40. The predicted molar refractivity (Wildman–Crippen MR) is 38.6 cm³/mol. The lowest BCUT2D eigenvalue weighted by molar-refractivity contribution is -0.527. The highest BCUT2D eigenvalue weighted by atomic mass is 16.5. The Bertz CT molecular complexity index is 194. The standard InChI is InChI=1S/C6H11NO5/c8-2-3-5(10)6(11)4(9)1-7(3)12/h1,3-6,8-11H,2H2. The van der Waals surface area contributed by atoms with Gasteiger partial charge in [0.2, 0.25) is 6.04 Å². The molecule has 0 saturated carbocycles. The van der Waals surface area contributed by atoms with Gasteiger partial charge in [0.1, 0.15) is 18.8 Å². The third-order valence-electron chi connectivity index (χ3n) is 1.91. The maximum atomic E-state index is 10.9. The minimum absolute atomic E-state index is 0.252. The first kappa shape index (κ1) is 9.40. The van der Waals surface area contributed by atoms with E-state index in [2.05, 4.69) is 0 Å². The summed E-state index contributed by atoms with van der Waals surface area (Å²) < 4.78 is 0.252. The average Bonchev–Trinajstić information content (AvgIpc) is 2.01. The van der Waals surface area contributed by atoms with E-state index >= 15 is 0 Å². The lowest BCUT2D eigenvalue weighted by Crippen LogP contribution is -2.55. The second-order valence-corrected chi connectivity index (χ2v) is 2.73. The normalized spacial score (nSPS) is 42.5. The summed E-state index contributed by atoms with van der Waals surface area (Å²) >= 11 is 0. The van der Waals surface area contributed by atoms with Crippen LogP contribution in [0.5, 0.6) is 0 Å². The largest absolute Gasteiger partial charge is 0.624 e. The third kappa shape index (κ3) is 1.42. The van der Waals surface area contributed by atoms with E-state index in [9.17, 15) is 5.21 Å². The van der Waals surface area contributed by atoms with Gasteiger partial charge in [-0.15, -0.1) is 0 Å². The van der Waals surface area contributed by atoms with E-state index < -0.39 is 31.0 Å². The van der Waals surface area contributed by atoms with Gasteiger partial charge in [-0.2, -0.15) is 0 Å². The summed E-state index contributed by atoms with van der Waals surface area (Å²) in [6.45, 7) is -0.565. The van der Waals surface area contributed by atoms with Crippen molar-refractivity contribution in [2.45, 2.75) is 24.4 Å². The molecular formula is C6H11NO5. The van der Waals surface area contributed by atoms with E-state index in [1.807, 2.05) is 0 Å². The zero-order chi connectivity index (χ0) is 9.30. The maximum absolute atomic E-state index is 10.9. The van der Waals surface area contributed by atoms with Crippen LogP contribution in [0.15, 0.2) is 0 Å². The van der Waals surface area contributed by atoms with Crippen molar-refractivity contribution >= 4 is 6.21 Å². The number of hydroxylamine groups is 1. The van der Waals surface area contributed by atoms with Crippen molar-refractivity contribution in [3.05, 3.63) is 5.21 Å². The molecule has 1 aliphatic rings. The Balaban J connectivity index is 2.84. The Kier molecular flexibility index (Phi) is 2.63. The van der Waals surface area contributed by atoms with Gasteiger partial charge >= 0.3 is 0 Å². The van der Waals surface area contributed by atoms with Gasteiger partial charge in [0.05, 0.1) is 0 Å². The molecule has 70 valence electrons. The van der Waals surface area contributed by atoms with E-state index in [4.69, 9.17) is 20.4 Å². The number of hydrogen-bond donors (Lipinski definition) is 4. The summed E-state index contributed by atoms with van der Waals surface area (Å²) in [7, 11) is 0. The quantitative estimate of drug-likeness (QED) is 0.252. The molecule has 0 bridgehead atoms. The molecule has 1 rings (SSSR count). The summed E-state index contributed by atoms with van der Waals surface area (Å²) in [5.74, 6) is 0. The molecule has 0 aromatic rings. The van der Waals surface area contributed by atoms with Crippen LogP contribution in [-0.4, -0.2) is 62.3 Å². The van der Waals surface area contributed by atoms with Crippen molar-refractivity contribution in [3.63, 3.8) is 0 Å². The van der Waals surface area contributed by atoms with Crippen LogP contribution in [0.3, 0.4) is 0 Å². The van der Waals surface area contributed by atoms with Gasteiger partial charge in [-0.25, -0.2) is 4.74 Å². The molecule has 6 nitrogen and oxygen atoms in total. The number of aliphatic hydroxyl groups is 4. The smallest absolute Gasteiger partial charge is 0.213 e. The molecule has 4 atom stereocenters. The van der Waals surface area contributed by atoms with E-state index in [0.29, 0.717) is 0 Å². The Labute approximate surface area is 68.6 Å². The summed E-state index contributed by atoms with van der Waals surface area (Å²) in [5, 5.41) is 46.6. The Morgan fingerprint density at radius 1 is 1.25 bits per heavy atom. The first-order chi connectivity index (χ1) is 5.57. The number of nitrogens with zero attached hydrogens (tertiary/aromatic N) is 1. The number of hydrogen-bond acceptors (Lipinski definition) is 5. The summed E-state index contributed by atoms with van der Waals surface area (Å²) in [6, 6.07) is -1.09. The summed E-state index contributed by atoms with van der Waals surface area (Å²) in [5.41, 5.74) is 0. The van der Waals surface area contributed by atoms with E-state index in [1.165, 1.54) is 0 Å². The monoisotopic (exact) mass is 177 g/mol. The SMILES string of the molecule is [O-][N+]1=CC(O)C(O)C(O)C1CO. The van der Waals surface area contributed by atoms with Gasteiger partial charge < -0.3 is 25.6 Å². The molecule has 0 aromatic heterocycles. The number of rotatable bonds is 1. The molecular weight excluding hydrogens is 166 g/mol. The molecule has 0 amide bonds. The second-order valence-electron chi connectivity index (χ2n) is 2.73. The minimum atomic E-state index is -1.42. The van der Waals surface area contributed by atoms with Crippen LogP contribution in [0.2, 0.25) is 0 Å². The molecule has 6 heteroatoms. The van der Waals surface area contributed by atoms with Crippen LogP contribution in [0.25, 0.3) is 0 Å². The van der Waals surface area contributed by atoms with Gasteiger partial charge in [-0.3, -0.25) is 0 Å². The zero-order valence-corrected chi connectivity index (χ0v) is 6.24. The molecule has 1 aliphatic heterocycles. The molecule has 0 radical (unpaired) electrons. The molecule has 4 N–H and O–H groups in total. The Morgan fingerprint density at radius 2 is 1.83 bits per heavy atom. The van der Waals surface area contributed by atoms with Crippen molar-refractivity contribution in [1.29, 1.82) is 0 Å². The van der Waals surface area contributed by atoms with Crippen LogP contribution in [-0.2, 0) is 0 Å². The first-order valence-corrected chi connectivity index (χ1v) is 3.53. The molecule has 4 unspecified atom stereocenters. The van der Waals surface area contributed by atoms with E-state index in [0.717, 1.165) is 6.21 Å². The molecule has 0 aliphatic carbocycles. The van der Waals surface area contributed by atoms with Crippen LogP contribution in [0.4, 0.5) is 0 Å². The zero-order valence-electron chi connectivity index (χ0n) is 6.24. The van der Waals surface area contributed by atoms with E-state index in [1.54, 1.807) is 0 Å². The third-order valence-corrected chi connectivity index (χ3v) is 1.91. The van der Waals surface area contributed by atoms with Crippen molar-refractivity contribution < 1.29 is 25.2 Å². The lowest BCUT2D eigenvalue weighted by atomic mass is 9.99. The van der Waals surface area contributed by atoms with Crippen LogP contribution >= 0.6 is 0 Å². The number of aliphatic hydroxyl groups excluding tert-OH is 4. The molecule has 0 aromatic carbocycles. The van der Waals surface area contributed by atoms with Crippen LogP contribution < -0.4 is 0 Å². The fourth-order valence-corrected chi connectivity index (χ4v) is 1.12. The Hall–Kier alpha value is -0.690. The van der Waals surface area contributed by atoms with Gasteiger partial charge in [0.25, 0.3) is 0 Å². The fraction of sp³-hybridized carbons (Fsp3) is 0.833. The highest BCUT2D eigenvalue weighted by Crippen LogP contribution is 2.11. The lowest BCUT2D eigenvalue weighted by Gasteiger charge is -2.29. The van der Waals surface area contributed by atoms with Crippen molar-refractivity contribution in [1.82, 2.24) is 0 Å². The minimum Gasteiger partial charge on any atom is -0.624 e. The van der Waals surface area contributed by atoms with E-state index in [-0.39, 0.29) is 4.74 Å².